The first kappa shape index (κ1) is 13.7. The number of nitrogens with one attached hydrogen (secondary N) is 1. The lowest BCUT2D eigenvalue weighted by atomic mass is 10.0. The highest BCUT2D eigenvalue weighted by Gasteiger charge is 2.24. The molecule has 0 aliphatic rings. The molecule has 17 heavy (non-hydrogen) atoms. The monoisotopic (exact) mass is 255 g/mol. The molecule has 0 spiro atoms. The van der Waals surface area contributed by atoms with Crippen molar-refractivity contribution in [3.63, 3.8) is 0 Å². The number of hydrogen-bond donors (Lipinski definition) is 2. The van der Waals surface area contributed by atoms with Gasteiger partial charge in [-0.3, -0.25) is 4.79 Å². The van der Waals surface area contributed by atoms with E-state index in [2.05, 4.69) is 5.32 Å². The molecule has 4 nitrogen and oxygen atoms in total. The summed E-state index contributed by atoms with van der Waals surface area (Å²) in [6, 6.07) is 2.79. The van der Waals surface area contributed by atoms with E-state index in [-0.39, 0.29) is 11.8 Å². The van der Waals surface area contributed by atoms with Crippen molar-refractivity contribution in [2.45, 2.75) is 33.2 Å². The molecule has 1 atom stereocenters. The minimum atomic E-state index is -0.999. The average Bonchev–Trinajstić information content (AvgIpc) is 2.73. The first-order valence-electron chi connectivity index (χ1n) is 5.58. The normalized spacial score (nSPS) is 12.5. The quantitative estimate of drug-likeness (QED) is 0.847. The Morgan fingerprint density at radius 3 is 2.47 bits per heavy atom. The standard InChI is InChI=1S/C12H17NO3S/c1-4-8-5-6-9(17-8)11(14)13-10(7(2)3)12(15)16/h5-7,10H,4H2,1-3H3,(H,13,14)(H,15,16). The van der Waals surface area contributed by atoms with Crippen LogP contribution in [0.4, 0.5) is 0 Å². The van der Waals surface area contributed by atoms with Gasteiger partial charge in [0, 0.05) is 4.88 Å². The third kappa shape index (κ3) is 3.56. The first-order valence-corrected chi connectivity index (χ1v) is 6.39. The van der Waals surface area contributed by atoms with E-state index in [9.17, 15) is 9.59 Å². The highest BCUT2D eigenvalue weighted by Crippen LogP contribution is 2.17. The Bertz CT molecular complexity index is 412. The number of aliphatic carboxylic acids is 1. The lowest BCUT2D eigenvalue weighted by molar-refractivity contribution is -0.140. The Morgan fingerprint density at radius 2 is 2.06 bits per heavy atom. The molecule has 1 aromatic rings. The Morgan fingerprint density at radius 1 is 1.41 bits per heavy atom. The number of hydrogen-bond acceptors (Lipinski definition) is 3. The summed E-state index contributed by atoms with van der Waals surface area (Å²) in [5, 5.41) is 11.5. The van der Waals surface area contributed by atoms with Gasteiger partial charge in [-0.05, 0) is 24.5 Å². The zero-order chi connectivity index (χ0) is 13.0. The van der Waals surface area contributed by atoms with Crippen LogP contribution in [0.5, 0.6) is 0 Å². The molecule has 0 saturated carbocycles. The fraction of sp³-hybridized carbons (Fsp3) is 0.500. The molecule has 0 aliphatic heterocycles. The molecule has 0 fully saturated rings. The SMILES string of the molecule is CCc1ccc(C(=O)NC(C(=O)O)C(C)C)s1. The van der Waals surface area contributed by atoms with Crippen molar-refractivity contribution < 1.29 is 14.7 Å². The summed E-state index contributed by atoms with van der Waals surface area (Å²) in [6.07, 6.45) is 0.879. The summed E-state index contributed by atoms with van der Waals surface area (Å²) in [4.78, 5) is 24.5. The molecule has 1 heterocycles. The number of amides is 1. The molecule has 0 aromatic carbocycles. The van der Waals surface area contributed by atoms with Gasteiger partial charge in [0.15, 0.2) is 0 Å². The molecule has 1 aromatic heterocycles. The molecule has 1 amide bonds. The van der Waals surface area contributed by atoms with E-state index < -0.39 is 12.0 Å². The molecule has 0 saturated heterocycles. The van der Waals surface area contributed by atoms with E-state index in [0.717, 1.165) is 11.3 Å². The third-order valence-corrected chi connectivity index (χ3v) is 3.68. The van der Waals surface area contributed by atoms with Crippen molar-refractivity contribution in [2.24, 2.45) is 5.92 Å². The number of carbonyl (C=O) groups excluding carboxylic acids is 1. The second-order valence-corrected chi connectivity index (χ2v) is 5.32. The van der Waals surface area contributed by atoms with Crippen LogP contribution in [-0.4, -0.2) is 23.0 Å². The maximum atomic E-state index is 11.8. The van der Waals surface area contributed by atoms with Gasteiger partial charge in [-0.15, -0.1) is 11.3 Å². The van der Waals surface area contributed by atoms with Crippen LogP contribution in [0.15, 0.2) is 12.1 Å². The van der Waals surface area contributed by atoms with Gasteiger partial charge in [-0.1, -0.05) is 20.8 Å². The summed E-state index contributed by atoms with van der Waals surface area (Å²) in [5.74, 6) is -1.45. The van der Waals surface area contributed by atoms with Gasteiger partial charge in [0.1, 0.15) is 6.04 Å². The molecule has 1 rings (SSSR count). The zero-order valence-electron chi connectivity index (χ0n) is 10.2. The van der Waals surface area contributed by atoms with Crippen molar-refractivity contribution in [2.75, 3.05) is 0 Å². The van der Waals surface area contributed by atoms with Crippen molar-refractivity contribution in [3.8, 4) is 0 Å². The molecular weight excluding hydrogens is 238 g/mol. The van der Waals surface area contributed by atoms with Crippen LogP contribution in [0.25, 0.3) is 0 Å². The lowest BCUT2D eigenvalue weighted by Crippen LogP contribution is -2.44. The van der Waals surface area contributed by atoms with Crippen molar-refractivity contribution in [1.29, 1.82) is 0 Å². The van der Waals surface area contributed by atoms with Gasteiger partial charge >= 0.3 is 5.97 Å². The Kier molecular flexibility index (Phi) is 4.69. The lowest BCUT2D eigenvalue weighted by Gasteiger charge is -2.17. The number of carboxylic acid groups (broad SMARTS) is 1. The van der Waals surface area contributed by atoms with Crippen molar-refractivity contribution >= 4 is 23.2 Å². The molecule has 94 valence electrons. The van der Waals surface area contributed by atoms with Crippen LogP contribution in [0.1, 0.15) is 35.3 Å². The zero-order valence-corrected chi connectivity index (χ0v) is 11.0. The van der Waals surface area contributed by atoms with Crippen LogP contribution in [0.3, 0.4) is 0 Å². The highest BCUT2D eigenvalue weighted by molar-refractivity contribution is 7.14. The van der Waals surface area contributed by atoms with Crippen LogP contribution < -0.4 is 5.32 Å². The Labute approximate surface area is 105 Å². The van der Waals surface area contributed by atoms with Crippen LogP contribution >= 0.6 is 11.3 Å². The molecule has 1 unspecified atom stereocenters. The smallest absolute Gasteiger partial charge is 0.326 e. The fourth-order valence-electron chi connectivity index (χ4n) is 1.42. The van der Waals surface area contributed by atoms with E-state index in [1.807, 2.05) is 13.0 Å². The summed E-state index contributed by atoms with van der Waals surface area (Å²) in [6.45, 7) is 5.55. The van der Waals surface area contributed by atoms with E-state index in [4.69, 9.17) is 5.11 Å². The fourth-order valence-corrected chi connectivity index (χ4v) is 2.27. The van der Waals surface area contributed by atoms with Gasteiger partial charge < -0.3 is 10.4 Å². The van der Waals surface area contributed by atoms with Gasteiger partial charge in [0.25, 0.3) is 5.91 Å². The average molecular weight is 255 g/mol. The number of carboxylic acids is 1. The number of aryl methyl sites for hydroxylation is 1. The predicted octanol–water partition coefficient (Wildman–Crippen LogP) is 2.15. The summed E-state index contributed by atoms with van der Waals surface area (Å²) in [7, 11) is 0. The molecule has 5 heteroatoms. The summed E-state index contributed by atoms with van der Waals surface area (Å²) in [5.41, 5.74) is 0. The second-order valence-electron chi connectivity index (χ2n) is 4.15. The number of thiophene rings is 1. The van der Waals surface area contributed by atoms with Crippen molar-refractivity contribution in [3.05, 3.63) is 21.9 Å². The van der Waals surface area contributed by atoms with Crippen LogP contribution in [0, 0.1) is 5.92 Å². The minimum absolute atomic E-state index is 0.137. The molecule has 0 bridgehead atoms. The first-order chi connectivity index (χ1) is 7.95. The Balaban J connectivity index is 2.73. The molecule has 2 N–H and O–H groups in total. The van der Waals surface area contributed by atoms with Gasteiger partial charge in [0.05, 0.1) is 4.88 Å². The number of carbonyl (C=O) groups is 2. The molecule has 0 radical (unpaired) electrons. The molecule has 0 aliphatic carbocycles. The van der Waals surface area contributed by atoms with E-state index in [1.54, 1.807) is 19.9 Å². The third-order valence-electron chi connectivity index (χ3n) is 2.45. The minimum Gasteiger partial charge on any atom is -0.480 e. The maximum Gasteiger partial charge on any atom is 0.326 e. The molecular formula is C12H17NO3S. The topological polar surface area (TPSA) is 66.4 Å². The van der Waals surface area contributed by atoms with E-state index in [1.165, 1.54) is 11.3 Å². The van der Waals surface area contributed by atoms with Gasteiger partial charge in [-0.2, -0.15) is 0 Å². The number of rotatable bonds is 5. The summed E-state index contributed by atoms with van der Waals surface area (Å²) < 4.78 is 0. The highest BCUT2D eigenvalue weighted by atomic mass is 32.1. The predicted molar refractivity (Wildman–Crippen MR) is 67.4 cm³/mol. The van der Waals surface area contributed by atoms with Crippen molar-refractivity contribution in [1.82, 2.24) is 5.32 Å². The maximum absolute atomic E-state index is 11.8. The van der Waals surface area contributed by atoms with Gasteiger partial charge in [-0.25, -0.2) is 4.79 Å². The van der Waals surface area contributed by atoms with E-state index >= 15 is 0 Å². The van der Waals surface area contributed by atoms with Crippen LogP contribution in [-0.2, 0) is 11.2 Å². The summed E-state index contributed by atoms with van der Waals surface area (Å²) >= 11 is 1.40. The Hall–Kier alpha value is -1.36. The van der Waals surface area contributed by atoms with Crippen LogP contribution in [0.2, 0.25) is 0 Å². The van der Waals surface area contributed by atoms with Gasteiger partial charge in [0.2, 0.25) is 0 Å². The van der Waals surface area contributed by atoms with E-state index in [0.29, 0.717) is 4.88 Å². The second kappa shape index (κ2) is 5.82. The largest absolute Gasteiger partial charge is 0.480 e.